The summed E-state index contributed by atoms with van der Waals surface area (Å²) in [5, 5.41) is 2.10. The van der Waals surface area contributed by atoms with Crippen molar-refractivity contribution in [2.24, 2.45) is 0 Å². The lowest BCUT2D eigenvalue weighted by Crippen LogP contribution is -2.26. The summed E-state index contributed by atoms with van der Waals surface area (Å²) in [5.74, 6) is 0.712. The monoisotopic (exact) mass is 230 g/mol. The number of hydrazine groups is 1. The summed E-state index contributed by atoms with van der Waals surface area (Å²) >= 11 is 0. The Morgan fingerprint density at radius 2 is 2.06 bits per heavy atom. The molecule has 0 bridgehead atoms. The number of fused-ring (bicyclic) bond motifs is 1. The van der Waals surface area contributed by atoms with E-state index >= 15 is 0 Å². The molecule has 2 aromatic carbocycles. The lowest BCUT2D eigenvalue weighted by Gasteiger charge is -2.09. The maximum Gasteiger partial charge on any atom is 0.235 e. The van der Waals surface area contributed by atoms with E-state index in [0.29, 0.717) is 0 Å². The highest BCUT2D eigenvalue weighted by atomic mass is 16.5. The lowest BCUT2D eigenvalue weighted by atomic mass is 10.1. The third kappa shape index (κ3) is 2.47. The number of ether oxygens (including phenoxy) is 1. The number of rotatable bonds is 3. The predicted octanol–water partition coefficient (Wildman–Crippen LogP) is 2.31. The summed E-state index contributed by atoms with van der Waals surface area (Å²) in [6.07, 6.45) is 0. The number of methoxy groups -OCH3 is 1. The molecule has 0 saturated carbocycles. The van der Waals surface area contributed by atoms with Crippen molar-refractivity contribution in [1.29, 1.82) is 0 Å². The van der Waals surface area contributed by atoms with E-state index in [2.05, 4.69) is 10.9 Å². The number of carbonyl (C=O) groups excluding carboxylic acids is 1. The van der Waals surface area contributed by atoms with E-state index in [-0.39, 0.29) is 5.91 Å². The summed E-state index contributed by atoms with van der Waals surface area (Å²) in [4.78, 5) is 10.8. The van der Waals surface area contributed by atoms with E-state index in [9.17, 15) is 4.79 Å². The molecule has 0 aromatic heterocycles. The van der Waals surface area contributed by atoms with Crippen LogP contribution in [0.15, 0.2) is 36.4 Å². The summed E-state index contributed by atoms with van der Waals surface area (Å²) < 4.78 is 5.28. The third-order valence-corrected chi connectivity index (χ3v) is 2.44. The highest BCUT2D eigenvalue weighted by Gasteiger charge is 2.01. The second kappa shape index (κ2) is 4.74. The zero-order valence-electron chi connectivity index (χ0n) is 9.78. The van der Waals surface area contributed by atoms with Gasteiger partial charge >= 0.3 is 0 Å². The molecule has 0 heterocycles. The molecule has 0 atom stereocenters. The first kappa shape index (κ1) is 11.3. The summed E-state index contributed by atoms with van der Waals surface area (Å²) in [7, 11) is 1.65. The Kier molecular flexibility index (Phi) is 3.14. The minimum Gasteiger partial charge on any atom is -0.496 e. The average molecular weight is 230 g/mol. The van der Waals surface area contributed by atoms with Crippen molar-refractivity contribution in [2.45, 2.75) is 6.92 Å². The van der Waals surface area contributed by atoms with Crippen LogP contribution in [0.3, 0.4) is 0 Å². The normalized spacial score (nSPS) is 10.0. The van der Waals surface area contributed by atoms with E-state index in [1.54, 1.807) is 7.11 Å². The first-order valence-corrected chi connectivity index (χ1v) is 5.30. The number of benzene rings is 2. The fourth-order valence-electron chi connectivity index (χ4n) is 1.67. The van der Waals surface area contributed by atoms with Crippen LogP contribution in [-0.4, -0.2) is 13.0 Å². The molecule has 0 fully saturated rings. The Balaban J connectivity index is 2.34. The van der Waals surface area contributed by atoms with Crippen LogP contribution in [0.25, 0.3) is 10.8 Å². The molecule has 4 heteroatoms. The molecule has 0 aliphatic carbocycles. The number of amides is 1. The fourth-order valence-corrected chi connectivity index (χ4v) is 1.67. The Morgan fingerprint density at radius 1 is 1.24 bits per heavy atom. The molecular weight excluding hydrogens is 216 g/mol. The molecule has 0 spiro atoms. The van der Waals surface area contributed by atoms with Crippen LogP contribution in [0.5, 0.6) is 5.75 Å². The lowest BCUT2D eigenvalue weighted by molar-refractivity contribution is -0.118. The van der Waals surface area contributed by atoms with E-state index in [1.807, 2.05) is 36.4 Å². The molecule has 0 aliphatic rings. The molecule has 1 amide bonds. The van der Waals surface area contributed by atoms with Gasteiger partial charge in [-0.2, -0.15) is 0 Å². The van der Waals surface area contributed by atoms with E-state index < -0.39 is 0 Å². The van der Waals surface area contributed by atoms with Crippen molar-refractivity contribution >= 4 is 22.4 Å². The third-order valence-electron chi connectivity index (χ3n) is 2.44. The second-order valence-corrected chi connectivity index (χ2v) is 3.70. The van der Waals surface area contributed by atoms with Gasteiger partial charge in [0, 0.05) is 12.3 Å². The average Bonchev–Trinajstić information content (AvgIpc) is 2.35. The van der Waals surface area contributed by atoms with Gasteiger partial charge in [-0.25, -0.2) is 0 Å². The van der Waals surface area contributed by atoms with E-state index in [0.717, 1.165) is 22.2 Å². The van der Waals surface area contributed by atoms with Gasteiger partial charge in [-0.15, -0.1) is 0 Å². The molecule has 2 aromatic rings. The van der Waals surface area contributed by atoms with Crippen LogP contribution in [-0.2, 0) is 4.79 Å². The molecule has 0 aliphatic heterocycles. The summed E-state index contributed by atoms with van der Waals surface area (Å²) in [6.45, 7) is 1.46. The van der Waals surface area contributed by atoms with E-state index in [1.165, 1.54) is 6.92 Å². The first-order valence-electron chi connectivity index (χ1n) is 5.30. The zero-order chi connectivity index (χ0) is 12.3. The van der Waals surface area contributed by atoms with Crippen LogP contribution < -0.4 is 15.6 Å². The Labute approximate surface area is 99.6 Å². The quantitative estimate of drug-likeness (QED) is 0.795. The number of carbonyl (C=O) groups is 1. The first-order chi connectivity index (χ1) is 8.20. The highest BCUT2D eigenvalue weighted by Crippen LogP contribution is 2.27. The minimum atomic E-state index is -0.129. The Morgan fingerprint density at radius 3 is 2.76 bits per heavy atom. The summed E-state index contributed by atoms with van der Waals surface area (Å²) in [6, 6.07) is 11.6. The molecular formula is C13H14N2O2. The fraction of sp³-hybridized carbons (Fsp3) is 0.154. The van der Waals surface area contributed by atoms with Gasteiger partial charge in [0.25, 0.3) is 0 Å². The van der Waals surface area contributed by atoms with Gasteiger partial charge in [-0.1, -0.05) is 12.1 Å². The van der Waals surface area contributed by atoms with Crippen molar-refractivity contribution in [3.63, 3.8) is 0 Å². The standard InChI is InChI=1S/C13H14N2O2/c1-9(16)14-15-11-6-7-12-10(8-11)4-3-5-13(12)17-2/h3-8,15H,1-2H3,(H,14,16). The maximum atomic E-state index is 10.8. The Bertz CT molecular complexity index is 552. The van der Waals surface area contributed by atoms with Crippen LogP contribution in [0.4, 0.5) is 5.69 Å². The number of anilines is 1. The van der Waals surface area contributed by atoms with Gasteiger partial charge in [0.2, 0.25) is 5.91 Å². The van der Waals surface area contributed by atoms with E-state index in [4.69, 9.17) is 4.74 Å². The van der Waals surface area contributed by atoms with Crippen molar-refractivity contribution in [3.05, 3.63) is 36.4 Å². The van der Waals surface area contributed by atoms with Crippen molar-refractivity contribution in [1.82, 2.24) is 5.43 Å². The topological polar surface area (TPSA) is 50.4 Å². The molecule has 0 saturated heterocycles. The number of nitrogens with one attached hydrogen (secondary N) is 2. The smallest absolute Gasteiger partial charge is 0.235 e. The van der Waals surface area contributed by atoms with Gasteiger partial charge < -0.3 is 4.74 Å². The highest BCUT2D eigenvalue weighted by molar-refractivity contribution is 5.91. The van der Waals surface area contributed by atoms with Gasteiger partial charge in [-0.05, 0) is 29.7 Å². The number of hydrogen-bond acceptors (Lipinski definition) is 3. The predicted molar refractivity (Wildman–Crippen MR) is 67.9 cm³/mol. The SMILES string of the molecule is COc1cccc2cc(NNC(C)=O)ccc12. The molecule has 0 radical (unpaired) electrons. The van der Waals surface area contributed by atoms with Gasteiger partial charge in [0.1, 0.15) is 5.75 Å². The van der Waals surface area contributed by atoms with Crippen molar-refractivity contribution < 1.29 is 9.53 Å². The van der Waals surface area contributed by atoms with Crippen LogP contribution in [0.2, 0.25) is 0 Å². The van der Waals surface area contributed by atoms with Crippen LogP contribution in [0, 0.1) is 0 Å². The molecule has 4 nitrogen and oxygen atoms in total. The van der Waals surface area contributed by atoms with Crippen LogP contribution >= 0.6 is 0 Å². The second-order valence-electron chi connectivity index (χ2n) is 3.70. The van der Waals surface area contributed by atoms with Gasteiger partial charge in [-0.3, -0.25) is 15.6 Å². The molecule has 88 valence electrons. The van der Waals surface area contributed by atoms with Crippen molar-refractivity contribution in [2.75, 3.05) is 12.5 Å². The largest absolute Gasteiger partial charge is 0.496 e. The van der Waals surface area contributed by atoms with Crippen LogP contribution in [0.1, 0.15) is 6.92 Å². The molecule has 0 unspecified atom stereocenters. The van der Waals surface area contributed by atoms with Gasteiger partial charge in [0.05, 0.1) is 12.8 Å². The molecule has 17 heavy (non-hydrogen) atoms. The zero-order valence-corrected chi connectivity index (χ0v) is 9.78. The Hall–Kier alpha value is -2.23. The maximum absolute atomic E-state index is 10.8. The minimum absolute atomic E-state index is 0.129. The summed E-state index contributed by atoms with van der Waals surface area (Å²) in [5.41, 5.74) is 6.20. The molecule has 2 N–H and O–H groups in total. The molecule has 2 rings (SSSR count). The van der Waals surface area contributed by atoms with Gasteiger partial charge in [0.15, 0.2) is 0 Å². The number of hydrogen-bond donors (Lipinski definition) is 2. The van der Waals surface area contributed by atoms with Crippen molar-refractivity contribution in [3.8, 4) is 5.75 Å².